The van der Waals surface area contributed by atoms with Crippen molar-refractivity contribution in [1.29, 1.82) is 0 Å². The van der Waals surface area contributed by atoms with Crippen molar-refractivity contribution in [1.82, 2.24) is 9.71 Å². The molecule has 102 valence electrons. The molecule has 0 saturated carbocycles. The third kappa shape index (κ3) is 5.33. The van der Waals surface area contributed by atoms with Crippen LogP contribution in [0.5, 0.6) is 0 Å². The van der Waals surface area contributed by atoms with Gasteiger partial charge in [0, 0.05) is 37.6 Å². The molecule has 0 amide bonds. The fourth-order valence-electron chi connectivity index (χ4n) is 1.44. The van der Waals surface area contributed by atoms with Crippen LogP contribution in [0.15, 0.2) is 18.3 Å². The zero-order chi connectivity index (χ0) is 13.4. The van der Waals surface area contributed by atoms with Crippen LogP contribution in [-0.2, 0) is 10.0 Å². The maximum atomic E-state index is 11.4. The number of hydrogen-bond acceptors (Lipinski definition) is 5. The van der Waals surface area contributed by atoms with E-state index in [1.54, 1.807) is 19.2 Å². The van der Waals surface area contributed by atoms with Crippen molar-refractivity contribution < 1.29 is 8.42 Å². The largest absolute Gasteiger partial charge is 0.384 e. The molecule has 0 atom stereocenters. The highest BCUT2D eigenvalue weighted by atomic mass is 32.2. The van der Waals surface area contributed by atoms with Crippen LogP contribution >= 0.6 is 0 Å². The number of sulfonamides is 1. The van der Waals surface area contributed by atoms with Gasteiger partial charge < -0.3 is 10.6 Å². The molecule has 0 radical (unpaired) electrons. The van der Waals surface area contributed by atoms with E-state index in [2.05, 4.69) is 20.3 Å². The number of nitrogens with one attached hydrogen (secondary N) is 3. The molecule has 0 spiro atoms. The summed E-state index contributed by atoms with van der Waals surface area (Å²) >= 11 is 0. The van der Waals surface area contributed by atoms with Gasteiger partial charge in [-0.2, -0.15) is 0 Å². The fourth-order valence-corrected chi connectivity index (χ4v) is 2.40. The number of rotatable bonds is 8. The molecule has 0 aliphatic heterocycles. The van der Waals surface area contributed by atoms with Gasteiger partial charge in [-0.25, -0.2) is 18.1 Å². The van der Waals surface area contributed by atoms with Gasteiger partial charge in [0.15, 0.2) is 0 Å². The highest BCUT2D eigenvalue weighted by Crippen LogP contribution is 2.11. The van der Waals surface area contributed by atoms with E-state index in [1.807, 2.05) is 13.0 Å². The SMILES string of the molecule is CCNc1cc(NCCS(=O)(=O)NCC)ccn1. The third-order valence-corrected chi connectivity index (χ3v) is 3.65. The molecule has 0 aliphatic rings. The average molecular weight is 272 g/mol. The van der Waals surface area contributed by atoms with Crippen molar-refractivity contribution in [3.05, 3.63) is 18.3 Å². The Morgan fingerprint density at radius 3 is 2.67 bits per heavy atom. The summed E-state index contributed by atoms with van der Waals surface area (Å²) in [5.41, 5.74) is 0.854. The van der Waals surface area contributed by atoms with E-state index in [0.29, 0.717) is 13.1 Å². The molecule has 6 nitrogen and oxygen atoms in total. The summed E-state index contributed by atoms with van der Waals surface area (Å²) in [6, 6.07) is 3.66. The number of hydrogen-bond donors (Lipinski definition) is 3. The van der Waals surface area contributed by atoms with Crippen LogP contribution in [0, 0.1) is 0 Å². The summed E-state index contributed by atoms with van der Waals surface area (Å²) in [4.78, 5) is 4.13. The quantitative estimate of drug-likeness (QED) is 0.654. The fraction of sp³-hybridized carbons (Fsp3) is 0.545. The monoisotopic (exact) mass is 272 g/mol. The smallest absolute Gasteiger partial charge is 0.213 e. The van der Waals surface area contributed by atoms with Gasteiger partial charge in [-0.3, -0.25) is 0 Å². The molecule has 1 rings (SSSR count). The van der Waals surface area contributed by atoms with Crippen LogP contribution in [0.3, 0.4) is 0 Å². The molecule has 18 heavy (non-hydrogen) atoms. The van der Waals surface area contributed by atoms with Crippen LogP contribution in [0.4, 0.5) is 11.5 Å². The number of anilines is 2. The molecule has 1 aromatic rings. The second kappa shape index (κ2) is 7.17. The molecule has 3 N–H and O–H groups in total. The first-order chi connectivity index (χ1) is 8.57. The second-order valence-corrected chi connectivity index (χ2v) is 5.63. The van der Waals surface area contributed by atoms with E-state index < -0.39 is 10.0 Å². The predicted octanol–water partition coefficient (Wildman–Crippen LogP) is 0.865. The molecule has 0 aliphatic carbocycles. The highest BCUT2D eigenvalue weighted by molar-refractivity contribution is 7.89. The van der Waals surface area contributed by atoms with E-state index in [4.69, 9.17) is 0 Å². The Kier molecular flexibility index (Phi) is 5.87. The summed E-state index contributed by atoms with van der Waals surface area (Å²) in [5, 5.41) is 6.15. The minimum absolute atomic E-state index is 0.0553. The van der Waals surface area contributed by atoms with Crippen LogP contribution in [-0.4, -0.2) is 38.8 Å². The van der Waals surface area contributed by atoms with E-state index in [-0.39, 0.29) is 5.75 Å². The zero-order valence-corrected chi connectivity index (χ0v) is 11.5. The molecule has 7 heteroatoms. The topological polar surface area (TPSA) is 83.1 Å². The van der Waals surface area contributed by atoms with Crippen LogP contribution < -0.4 is 15.4 Å². The number of aromatic nitrogens is 1. The lowest BCUT2D eigenvalue weighted by atomic mass is 10.4. The Morgan fingerprint density at radius 1 is 1.22 bits per heavy atom. The lowest BCUT2D eigenvalue weighted by molar-refractivity contribution is 0.584. The standard InChI is InChI=1S/C11H20N4O2S/c1-3-12-11-9-10(5-6-14-11)13-7-8-18(16,17)15-4-2/h5-6,9,15H,3-4,7-8H2,1-2H3,(H2,12,13,14). The molecular formula is C11H20N4O2S. The van der Waals surface area contributed by atoms with Gasteiger partial charge in [0.25, 0.3) is 0 Å². The van der Waals surface area contributed by atoms with Crippen molar-refractivity contribution in [2.24, 2.45) is 0 Å². The lowest BCUT2D eigenvalue weighted by Gasteiger charge is -2.09. The second-order valence-electron chi connectivity index (χ2n) is 3.70. The Bertz CT molecular complexity index is 462. The lowest BCUT2D eigenvalue weighted by Crippen LogP contribution is -2.29. The van der Waals surface area contributed by atoms with Gasteiger partial charge in [0.05, 0.1) is 5.75 Å². The van der Waals surface area contributed by atoms with Crippen molar-refractivity contribution in [3.8, 4) is 0 Å². The van der Waals surface area contributed by atoms with Gasteiger partial charge in [-0.05, 0) is 13.0 Å². The number of pyridine rings is 1. The predicted molar refractivity (Wildman–Crippen MR) is 74.4 cm³/mol. The van der Waals surface area contributed by atoms with Crippen LogP contribution in [0.1, 0.15) is 13.8 Å². The van der Waals surface area contributed by atoms with E-state index in [1.165, 1.54) is 0 Å². The maximum Gasteiger partial charge on any atom is 0.213 e. The zero-order valence-electron chi connectivity index (χ0n) is 10.7. The van der Waals surface area contributed by atoms with Crippen LogP contribution in [0.2, 0.25) is 0 Å². The summed E-state index contributed by atoms with van der Waals surface area (Å²) in [6.07, 6.45) is 1.68. The maximum absolute atomic E-state index is 11.4. The third-order valence-electron chi connectivity index (χ3n) is 2.18. The van der Waals surface area contributed by atoms with E-state index in [0.717, 1.165) is 18.1 Å². The summed E-state index contributed by atoms with van der Waals surface area (Å²) in [6.45, 7) is 5.33. The van der Waals surface area contributed by atoms with Gasteiger partial charge in [-0.15, -0.1) is 0 Å². The molecule has 1 aromatic heterocycles. The average Bonchev–Trinajstić information content (AvgIpc) is 2.29. The minimum Gasteiger partial charge on any atom is -0.384 e. The van der Waals surface area contributed by atoms with Crippen molar-refractivity contribution in [3.63, 3.8) is 0 Å². The van der Waals surface area contributed by atoms with Crippen molar-refractivity contribution >= 4 is 21.5 Å². The molecular weight excluding hydrogens is 252 g/mol. The van der Waals surface area contributed by atoms with E-state index >= 15 is 0 Å². The van der Waals surface area contributed by atoms with Gasteiger partial charge in [0.1, 0.15) is 5.82 Å². The molecule has 0 unspecified atom stereocenters. The Balaban J connectivity index is 2.46. The van der Waals surface area contributed by atoms with Crippen molar-refractivity contribution in [2.45, 2.75) is 13.8 Å². The summed E-state index contributed by atoms with van der Waals surface area (Å²) < 4.78 is 25.3. The normalized spacial score (nSPS) is 11.2. The summed E-state index contributed by atoms with van der Waals surface area (Å²) in [7, 11) is -3.17. The molecule has 1 heterocycles. The molecule has 0 bridgehead atoms. The number of nitrogens with zero attached hydrogens (tertiary/aromatic N) is 1. The molecule has 0 aromatic carbocycles. The first-order valence-corrected chi connectivity index (χ1v) is 7.63. The van der Waals surface area contributed by atoms with Gasteiger partial charge in [0.2, 0.25) is 10.0 Å². The van der Waals surface area contributed by atoms with Crippen LogP contribution in [0.25, 0.3) is 0 Å². The Morgan fingerprint density at radius 2 is 2.00 bits per heavy atom. The highest BCUT2D eigenvalue weighted by Gasteiger charge is 2.07. The Hall–Kier alpha value is -1.34. The van der Waals surface area contributed by atoms with Gasteiger partial charge in [-0.1, -0.05) is 6.92 Å². The summed E-state index contributed by atoms with van der Waals surface area (Å²) in [5.74, 6) is 0.830. The first kappa shape index (κ1) is 14.7. The van der Waals surface area contributed by atoms with E-state index in [9.17, 15) is 8.42 Å². The minimum atomic E-state index is -3.17. The molecule has 0 saturated heterocycles. The Labute approximate surface area is 108 Å². The first-order valence-electron chi connectivity index (χ1n) is 5.98. The van der Waals surface area contributed by atoms with Gasteiger partial charge >= 0.3 is 0 Å². The molecule has 0 fully saturated rings. The van der Waals surface area contributed by atoms with Crippen molar-refractivity contribution in [2.75, 3.05) is 36.0 Å².